The van der Waals surface area contributed by atoms with Crippen LogP contribution in [0.3, 0.4) is 0 Å². The Morgan fingerprint density at radius 2 is 1.70 bits per heavy atom. The molecule has 2 aromatic carbocycles. The van der Waals surface area contributed by atoms with Crippen molar-refractivity contribution in [2.75, 3.05) is 0 Å². The summed E-state index contributed by atoms with van der Waals surface area (Å²) in [5.41, 5.74) is 0.387. The number of hydrogen-bond donors (Lipinski definition) is 2. The summed E-state index contributed by atoms with van der Waals surface area (Å²) in [5, 5.41) is 18.3. The van der Waals surface area contributed by atoms with Gasteiger partial charge in [0.05, 0.1) is 11.7 Å². The van der Waals surface area contributed by atoms with Gasteiger partial charge in [-0.1, -0.05) is 6.07 Å². The molecule has 0 aromatic heterocycles. The van der Waals surface area contributed by atoms with E-state index in [2.05, 4.69) is 0 Å². The molecule has 0 saturated carbocycles. The molecule has 0 atom stereocenters. The van der Waals surface area contributed by atoms with Crippen molar-refractivity contribution in [2.45, 2.75) is 20.0 Å². The lowest BCUT2D eigenvalue weighted by atomic mass is 10.00. The van der Waals surface area contributed by atoms with Crippen LogP contribution in [0.2, 0.25) is 0 Å². The van der Waals surface area contributed by atoms with Crippen LogP contribution in [0.4, 0.5) is 4.39 Å². The van der Waals surface area contributed by atoms with Crippen molar-refractivity contribution in [3.05, 3.63) is 53.3 Å². The van der Waals surface area contributed by atoms with Crippen LogP contribution in [0.1, 0.15) is 34.6 Å². The fraction of sp³-hybridized carbons (Fsp3) is 0.176. The number of carboxylic acid groups (broad SMARTS) is 2. The van der Waals surface area contributed by atoms with Gasteiger partial charge in [-0.05, 0) is 55.3 Å². The molecule has 0 aliphatic carbocycles. The van der Waals surface area contributed by atoms with Gasteiger partial charge in [0.15, 0.2) is 0 Å². The second-order valence-corrected chi connectivity index (χ2v) is 5.22. The van der Waals surface area contributed by atoms with E-state index in [-0.39, 0.29) is 28.5 Å². The monoisotopic (exact) mass is 318 g/mol. The van der Waals surface area contributed by atoms with Crippen LogP contribution >= 0.6 is 0 Å². The van der Waals surface area contributed by atoms with E-state index in [0.29, 0.717) is 5.56 Å². The van der Waals surface area contributed by atoms with Gasteiger partial charge in [0.25, 0.3) is 0 Å². The molecule has 0 heterocycles. The Labute approximate surface area is 132 Å². The molecule has 0 radical (unpaired) electrons. The van der Waals surface area contributed by atoms with Crippen LogP contribution < -0.4 is 4.74 Å². The second-order valence-electron chi connectivity index (χ2n) is 5.22. The van der Waals surface area contributed by atoms with Gasteiger partial charge in [0.1, 0.15) is 17.1 Å². The zero-order chi connectivity index (χ0) is 17.1. The van der Waals surface area contributed by atoms with Crippen molar-refractivity contribution < 1.29 is 28.9 Å². The van der Waals surface area contributed by atoms with E-state index in [1.807, 2.05) is 0 Å². The number of halogens is 1. The Morgan fingerprint density at radius 1 is 1.00 bits per heavy atom. The summed E-state index contributed by atoms with van der Waals surface area (Å²) in [6.45, 7) is 3.54. The minimum atomic E-state index is -1.26. The molecule has 120 valence electrons. The summed E-state index contributed by atoms with van der Waals surface area (Å²) in [5.74, 6) is -2.95. The predicted octanol–water partition coefficient (Wildman–Crippen LogP) is 3.68. The van der Waals surface area contributed by atoms with Gasteiger partial charge in [-0.25, -0.2) is 14.0 Å². The molecule has 0 fully saturated rings. The summed E-state index contributed by atoms with van der Waals surface area (Å²) >= 11 is 0. The van der Waals surface area contributed by atoms with Crippen molar-refractivity contribution in [3.63, 3.8) is 0 Å². The lowest BCUT2D eigenvalue weighted by molar-refractivity contribution is 0.0681. The Kier molecular flexibility index (Phi) is 4.64. The average molecular weight is 318 g/mol. The molecule has 5 nitrogen and oxygen atoms in total. The maximum absolute atomic E-state index is 13.6. The fourth-order valence-electron chi connectivity index (χ4n) is 2.11. The number of aromatic carboxylic acids is 2. The van der Waals surface area contributed by atoms with Gasteiger partial charge in [0, 0.05) is 0 Å². The van der Waals surface area contributed by atoms with Crippen LogP contribution in [0.15, 0.2) is 36.4 Å². The first-order valence-electron chi connectivity index (χ1n) is 6.86. The molecule has 2 N–H and O–H groups in total. The Bertz CT molecular complexity index is 768. The van der Waals surface area contributed by atoms with Gasteiger partial charge in [-0.15, -0.1) is 0 Å². The maximum Gasteiger partial charge on any atom is 0.339 e. The average Bonchev–Trinajstić information content (AvgIpc) is 2.46. The van der Waals surface area contributed by atoms with Crippen molar-refractivity contribution in [1.82, 2.24) is 0 Å². The van der Waals surface area contributed by atoms with Crippen molar-refractivity contribution in [2.24, 2.45) is 0 Å². The second kappa shape index (κ2) is 6.48. The highest BCUT2D eigenvalue weighted by molar-refractivity contribution is 5.93. The van der Waals surface area contributed by atoms with E-state index < -0.39 is 17.8 Å². The molecule has 2 aromatic rings. The third-order valence-corrected chi connectivity index (χ3v) is 3.05. The number of carbonyl (C=O) groups is 2. The van der Waals surface area contributed by atoms with Crippen LogP contribution in [0, 0.1) is 5.82 Å². The largest absolute Gasteiger partial charge is 0.490 e. The minimum absolute atomic E-state index is 0.0719. The van der Waals surface area contributed by atoms with E-state index in [4.69, 9.17) is 9.84 Å². The zero-order valence-electron chi connectivity index (χ0n) is 12.5. The summed E-state index contributed by atoms with van der Waals surface area (Å²) < 4.78 is 19.0. The van der Waals surface area contributed by atoms with E-state index >= 15 is 0 Å². The highest BCUT2D eigenvalue weighted by atomic mass is 19.1. The van der Waals surface area contributed by atoms with Crippen molar-refractivity contribution >= 4 is 11.9 Å². The highest BCUT2D eigenvalue weighted by Gasteiger charge is 2.15. The smallest absolute Gasteiger partial charge is 0.339 e. The van der Waals surface area contributed by atoms with Gasteiger partial charge in [0.2, 0.25) is 0 Å². The molecule has 6 heteroatoms. The Hall–Kier alpha value is -2.89. The van der Waals surface area contributed by atoms with Gasteiger partial charge in [-0.3, -0.25) is 0 Å². The maximum atomic E-state index is 13.6. The molecule has 0 aliphatic rings. The predicted molar refractivity (Wildman–Crippen MR) is 81.5 cm³/mol. The van der Waals surface area contributed by atoms with Crippen LogP contribution in [0.25, 0.3) is 11.1 Å². The molecule has 0 bridgehead atoms. The van der Waals surface area contributed by atoms with Crippen molar-refractivity contribution in [3.8, 4) is 16.9 Å². The number of hydrogen-bond acceptors (Lipinski definition) is 3. The molecule has 2 rings (SSSR count). The van der Waals surface area contributed by atoms with E-state index in [9.17, 15) is 19.1 Å². The third-order valence-electron chi connectivity index (χ3n) is 3.05. The topological polar surface area (TPSA) is 83.8 Å². The van der Waals surface area contributed by atoms with Crippen LogP contribution in [-0.2, 0) is 0 Å². The molecule has 0 amide bonds. The first-order chi connectivity index (χ1) is 10.8. The lowest BCUT2D eigenvalue weighted by Crippen LogP contribution is -2.10. The molecule has 0 unspecified atom stereocenters. The normalized spacial score (nSPS) is 10.6. The van der Waals surface area contributed by atoms with Crippen LogP contribution in [0.5, 0.6) is 5.75 Å². The Morgan fingerprint density at radius 3 is 2.26 bits per heavy atom. The summed E-state index contributed by atoms with van der Waals surface area (Å²) in [4.78, 5) is 22.4. The molecule has 0 aliphatic heterocycles. The van der Waals surface area contributed by atoms with E-state index in [1.54, 1.807) is 19.9 Å². The van der Waals surface area contributed by atoms with Gasteiger partial charge >= 0.3 is 11.9 Å². The molecular formula is C17H15FO5. The number of benzene rings is 2. The highest BCUT2D eigenvalue weighted by Crippen LogP contribution is 2.29. The first-order valence-corrected chi connectivity index (χ1v) is 6.86. The lowest BCUT2D eigenvalue weighted by Gasteiger charge is -2.13. The quantitative estimate of drug-likeness (QED) is 0.878. The standard InChI is InChI=1S/C17H15FO5/c1-9(2)23-15-4-3-10(8-14(15)17(21)22)11-5-12(16(19)20)7-13(18)6-11/h3-9H,1-2H3,(H,19,20)(H,21,22). The number of rotatable bonds is 5. The number of ether oxygens (including phenoxy) is 1. The van der Waals surface area contributed by atoms with Crippen LogP contribution in [-0.4, -0.2) is 28.3 Å². The van der Waals surface area contributed by atoms with Crippen molar-refractivity contribution in [1.29, 1.82) is 0 Å². The van der Waals surface area contributed by atoms with E-state index in [0.717, 1.165) is 12.1 Å². The van der Waals surface area contributed by atoms with Gasteiger partial charge in [-0.2, -0.15) is 0 Å². The minimum Gasteiger partial charge on any atom is -0.490 e. The SMILES string of the molecule is CC(C)Oc1ccc(-c2cc(F)cc(C(=O)O)c2)cc1C(=O)O. The molecular weight excluding hydrogens is 303 g/mol. The fourth-order valence-corrected chi connectivity index (χ4v) is 2.11. The molecule has 23 heavy (non-hydrogen) atoms. The Balaban J connectivity index is 2.54. The number of carboxylic acids is 2. The first kappa shape index (κ1) is 16.5. The summed E-state index contributed by atoms with van der Waals surface area (Å²) in [7, 11) is 0. The summed E-state index contributed by atoms with van der Waals surface area (Å²) in [6, 6.07) is 7.71. The zero-order valence-corrected chi connectivity index (χ0v) is 12.5. The summed E-state index contributed by atoms with van der Waals surface area (Å²) in [6.07, 6.45) is -0.202. The van der Waals surface area contributed by atoms with Gasteiger partial charge < -0.3 is 14.9 Å². The van der Waals surface area contributed by atoms with E-state index in [1.165, 1.54) is 18.2 Å². The molecule has 0 saturated heterocycles. The third kappa shape index (κ3) is 3.85. The molecule has 0 spiro atoms.